The van der Waals surface area contributed by atoms with Gasteiger partial charge >= 0.3 is 0 Å². The van der Waals surface area contributed by atoms with E-state index in [9.17, 15) is 5.11 Å². The van der Waals surface area contributed by atoms with E-state index < -0.39 is 5.60 Å². The molecule has 0 aliphatic carbocycles. The number of rotatable bonds is 2. The van der Waals surface area contributed by atoms with Crippen LogP contribution in [0.4, 0.5) is 0 Å². The van der Waals surface area contributed by atoms with Gasteiger partial charge in [0.15, 0.2) is 0 Å². The monoisotopic (exact) mass is 183 g/mol. The molecule has 0 spiro atoms. The molecule has 0 aromatic rings. The number of hydrogen-bond donors (Lipinski definition) is 1. The average molecular weight is 183 g/mol. The molecule has 13 heavy (non-hydrogen) atoms. The fourth-order valence-corrected chi connectivity index (χ4v) is 1.92. The van der Waals surface area contributed by atoms with Gasteiger partial charge in [-0.25, -0.2) is 0 Å². The first-order chi connectivity index (χ1) is 6.08. The molecule has 1 rings (SSSR count). The number of likely N-dealkylation sites (tertiary alicyclic amines) is 1. The molecule has 0 bridgehead atoms. The Bertz CT molecular complexity index is 191. The Morgan fingerprint density at radius 2 is 2.15 bits per heavy atom. The summed E-state index contributed by atoms with van der Waals surface area (Å²) in [6.07, 6.45) is 2.80. The molecule has 1 N–H and O–H groups in total. The molecule has 1 unspecified atom stereocenters. The Morgan fingerprint density at radius 1 is 1.46 bits per heavy atom. The Labute approximate surface area is 81.2 Å². The SMILES string of the molecule is C=C(C)C1(O)CCCN(CC)CC1. The third-order valence-electron chi connectivity index (χ3n) is 3.15. The van der Waals surface area contributed by atoms with E-state index in [1.807, 2.05) is 6.92 Å². The average Bonchev–Trinajstić information content (AvgIpc) is 2.28. The molecule has 1 heterocycles. The highest BCUT2D eigenvalue weighted by Gasteiger charge is 2.30. The van der Waals surface area contributed by atoms with Gasteiger partial charge in [0.05, 0.1) is 5.60 Å². The molecule has 0 saturated carbocycles. The lowest BCUT2D eigenvalue weighted by Crippen LogP contribution is -2.31. The van der Waals surface area contributed by atoms with Gasteiger partial charge in [0.2, 0.25) is 0 Å². The highest BCUT2D eigenvalue weighted by atomic mass is 16.3. The number of hydrogen-bond acceptors (Lipinski definition) is 2. The van der Waals surface area contributed by atoms with Crippen molar-refractivity contribution in [1.82, 2.24) is 4.90 Å². The third-order valence-corrected chi connectivity index (χ3v) is 3.15. The van der Waals surface area contributed by atoms with Gasteiger partial charge < -0.3 is 10.0 Å². The van der Waals surface area contributed by atoms with Crippen LogP contribution in [0.1, 0.15) is 33.1 Å². The van der Waals surface area contributed by atoms with Crippen molar-refractivity contribution in [2.75, 3.05) is 19.6 Å². The molecule has 1 fully saturated rings. The Morgan fingerprint density at radius 3 is 2.69 bits per heavy atom. The van der Waals surface area contributed by atoms with E-state index in [0.717, 1.165) is 44.5 Å². The van der Waals surface area contributed by atoms with Crippen LogP contribution in [0.25, 0.3) is 0 Å². The van der Waals surface area contributed by atoms with Gasteiger partial charge in [0, 0.05) is 6.54 Å². The lowest BCUT2D eigenvalue weighted by Gasteiger charge is -2.27. The number of aliphatic hydroxyl groups is 1. The van der Waals surface area contributed by atoms with Crippen LogP contribution in [-0.4, -0.2) is 35.2 Å². The lowest BCUT2D eigenvalue weighted by atomic mass is 9.88. The molecular formula is C11H21NO. The minimum Gasteiger partial charge on any atom is -0.385 e. The molecular weight excluding hydrogens is 162 g/mol. The summed E-state index contributed by atoms with van der Waals surface area (Å²) < 4.78 is 0. The lowest BCUT2D eigenvalue weighted by molar-refractivity contribution is 0.0630. The van der Waals surface area contributed by atoms with Crippen molar-refractivity contribution in [2.45, 2.75) is 38.7 Å². The second kappa shape index (κ2) is 4.25. The second-order valence-electron chi connectivity index (χ2n) is 4.10. The Balaban J connectivity index is 2.58. The Kier molecular flexibility index (Phi) is 3.51. The maximum Gasteiger partial charge on any atom is 0.0864 e. The van der Waals surface area contributed by atoms with Crippen LogP contribution in [0.3, 0.4) is 0 Å². The first kappa shape index (κ1) is 10.7. The minimum atomic E-state index is -0.593. The van der Waals surface area contributed by atoms with Crippen molar-refractivity contribution in [2.24, 2.45) is 0 Å². The molecule has 76 valence electrons. The summed E-state index contributed by atoms with van der Waals surface area (Å²) in [7, 11) is 0. The molecule has 0 aromatic heterocycles. The zero-order valence-corrected chi connectivity index (χ0v) is 8.84. The van der Waals surface area contributed by atoms with Crippen LogP contribution in [0.5, 0.6) is 0 Å². The van der Waals surface area contributed by atoms with Crippen molar-refractivity contribution in [3.8, 4) is 0 Å². The van der Waals surface area contributed by atoms with E-state index >= 15 is 0 Å². The van der Waals surface area contributed by atoms with E-state index in [1.54, 1.807) is 0 Å². The van der Waals surface area contributed by atoms with Gasteiger partial charge in [-0.3, -0.25) is 0 Å². The first-order valence-corrected chi connectivity index (χ1v) is 5.19. The van der Waals surface area contributed by atoms with Crippen LogP contribution in [-0.2, 0) is 0 Å². The van der Waals surface area contributed by atoms with Crippen molar-refractivity contribution in [1.29, 1.82) is 0 Å². The maximum absolute atomic E-state index is 10.2. The fraction of sp³-hybridized carbons (Fsp3) is 0.818. The summed E-state index contributed by atoms with van der Waals surface area (Å²) in [6, 6.07) is 0. The molecule has 1 atom stereocenters. The van der Waals surface area contributed by atoms with Crippen LogP contribution in [0, 0.1) is 0 Å². The van der Waals surface area contributed by atoms with E-state index in [4.69, 9.17) is 0 Å². The molecule has 1 aliphatic rings. The predicted octanol–water partition coefficient (Wildman–Crippen LogP) is 1.80. The topological polar surface area (TPSA) is 23.5 Å². The number of nitrogens with zero attached hydrogens (tertiary/aromatic N) is 1. The third kappa shape index (κ3) is 2.55. The summed E-state index contributed by atoms with van der Waals surface area (Å²) in [4.78, 5) is 2.39. The standard InChI is InChI=1S/C11H21NO/c1-4-12-8-5-6-11(13,7-9-12)10(2)3/h13H,2,4-9H2,1,3H3. The van der Waals surface area contributed by atoms with Crippen molar-refractivity contribution >= 4 is 0 Å². The van der Waals surface area contributed by atoms with Gasteiger partial charge in [0.1, 0.15) is 0 Å². The van der Waals surface area contributed by atoms with Crippen LogP contribution in [0.2, 0.25) is 0 Å². The fourth-order valence-electron chi connectivity index (χ4n) is 1.92. The van der Waals surface area contributed by atoms with E-state index in [2.05, 4.69) is 18.4 Å². The molecule has 1 saturated heterocycles. The van der Waals surface area contributed by atoms with Crippen LogP contribution >= 0.6 is 0 Å². The normalized spacial score (nSPS) is 31.3. The first-order valence-electron chi connectivity index (χ1n) is 5.19. The van der Waals surface area contributed by atoms with Gasteiger partial charge in [-0.1, -0.05) is 13.5 Å². The van der Waals surface area contributed by atoms with Crippen molar-refractivity contribution in [3.05, 3.63) is 12.2 Å². The van der Waals surface area contributed by atoms with Gasteiger partial charge in [-0.15, -0.1) is 0 Å². The van der Waals surface area contributed by atoms with E-state index in [0.29, 0.717) is 0 Å². The van der Waals surface area contributed by atoms with Gasteiger partial charge in [-0.05, 0) is 44.8 Å². The summed E-state index contributed by atoms with van der Waals surface area (Å²) >= 11 is 0. The van der Waals surface area contributed by atoms with Gasteiger partial charge in [-0.2, -0.15) is 0 Å². The minimum absolute atomic E-state index is 0.593. The summed E-state index contributed by atoms with van der Waals surface area (Å²) in [5.74, 6) is 0. The van der Waals surface area contributed by atoms with Crippen molar-refractivity contribution in [3.63, 3.8) is 0 Å². The highest BCUT2D eigenvalue weighted by Crippen LogP contribution is 2.28. The predicted molar refractivity (Wildman–Crippen MR) is 55.7 cm³/mol. The van der Waals surface area contributed by atoms with E-state index in [-0.39, 0.29) is 0 Å². The molecule has 2 nitrogen and oxygen atoms in total. The maximum atomic E-state index is 10.2. The summed E-state index contributed by atoms with van der Waals surface area (Å²) in [6.45, 7) is 11.2. The molecule has 1 aliphatic heterocycles. The zero-order chi connectivity index (χ0) is 9.90. The zero-order valence-electron chi connectivity index (χ0n) is 8.84. The van der Waals surface area contributed by atoms with E-state index in [1.165, 1.54) is 0 Å². The van der Waals surface area contributed by atoms with Crippen LogP contribution < -0.4 is 0 Å². The van der Waals surface area contributed by atoms with Crippen LogP contribution in [0.15, 0.2) is 12.2 Å². The molecule has 0 radical (unpaired) electrons. The van der Waals surface area contributed by atoms with Crippen molar-refractivity contribution < 1.29 is 5.11 Å². The summed E-state index contributed by atoms with van der Waals surface area (Å²) in [5, 5.41) is 10.2. The highest BCUT2D eigenvalue weighted by molar-refractivity contribution is 5.10. The quantitative estimate of drug-likeness (QED) is 0.660. The smallest absolute Gasteiger partial charge is 0.0864 e. The molecule has 0 aromatic carbocycles. The molecule has 0 amide bonds. The summed E-state index contributed by atoms with van der Waals surface area (Å²) in [5.41, 5.74) is 0.328. The molecule has 2 heteroatoms. The Hall–Kier alpha value is -0.340. The van der Waals surface area contributed by atoms with Gasteiger partial charge in [0.25, 0.3) is 0 Å². The second-order valence-corrected chi connectivity index (χ2v) is 4.10. The largest absolute Gasteiger partial charge is 0.385 e.